The second-order valence-corrected chi connectivity index (χ2v) is 4.82. The Labute approximate surface area is 126 Å². The van der Waals surface area contributed by atoms with Crippen molar-refractivity contribution < 1.29 is 9.47 Å². The highest BCUT2D eigenvalue weighted by molar-refractivity contribution is 5.29. The van der Waals surface area contributed by atoms with Gasteiger partial charge in [-0.15, -0.1) is 0 Å². The van der Waals surface area contributed by atoms with E-state index in [4.69, 9.17) is 9.47 Å². The second kappa shape index (κ2) is 7.64. The van der Waals surface area contributed by atoms with Gasteiger partial charge >= 0.3 is 0 Å². The first-order valence-electron chi connectivity index (χ1n) is 7.13. The Morgan fingerprint density at radius 2 is 1.86 bits per heavy atom. The van der Waals surface area contributed by atoms with E-state index in [-0.39, 0.29) is 0 Å². The minimum absolute atomic E-state index is 0.315. The van der Waals surface area contributed by atoms with Gasteiger partial charge in [-0.1, -0.05) is 19.1 Å². The molecule has 0 spiro atoms. The van der Waals surface area contributed by atoms with Gasteiger partial charge in [0.05, 0.1) is 14.2 Å². The first-order valence-corrected chi connectivity index (χ1v) is 7.13. The van der Waals surface area contributed by atoms with Crippen molar-refractivity contribution in [2.24, 2.45) is 0 Å². The van der Waals surface area contributed by atoms with Crippen LogP contribution in [0.4, 0.5) is 0 Å². The molecule has 1 unspecified atom stereocenters. The molecule has 4 heteroatoms. The molecule has 112 valence electrons. The van der Waals surface area contributed by atoms with Gasteiger partial charge in [0.2, 0.25) is 5.88 Å². The highest BCUT2D eigenvalue weighted by Crippen LogP contribution is 2.20. The summed E-state index contributed by atoms with van der Waals surface area (Å²) >= 11 is 0. The molecule has 2 rings (SSSR count). The Bertz CT molecular complexity index is 555. The molecule has 0 fully saturated rings. The van der Waals surface area contributed by atoms with Crippen molar-refractivity contribution >= 4 is 0 Å². The quantitative estimate of drug-likeness (QED) is 0.847. The molecule has 0 aliphatic rings. The maximum atomic E-state index is 5.20. The number of hydrogen-bond acceptors (Lipinski definition) is 4. The first-order chi connectivity index (χ1) is 10.3. The predicted octanol–water partition coefficient (Wildman–Crippen LogP) is 3.34. The highest BCUT2D eigenvalue weighted by Gasteiger charge is 2.09. The first kappa shape index (κ1) is 15.3. The molecule has 1 atom stereocenters. The Hall–Kier alpha value is -2.07. The van der Waals surface area contributed by atoms with Crippen molar-refractivity contribution in [1.82, 2.24) is 10.3 Å². The van der Waals surface area contributed by atoms with E-state index in [0.29, 0.717) is 11.9 Å². The Morgan fingerprint density at radius 1 is 1.10 bits per heavy atom. The molecular formula is C17H22N2O2. The number of methoxy groups -OCH3 is 2. The molecule has 21 heavy (non-hydrogen) atoms. The highest BCUT2D eigenvalue weighted by atomic mass is 16.5. The lowest BCUT2D eigenvalue weighted by Crippen LogP contribution is -2.20. The molecule has 1 aromatic heterocycles. The van der Waals surface area contributed by atoms with Crippen LogP contribution in [0, 0.1) is 0 Å². The summed E-state index contributed by atoms with van der Waals surface area (Å²) in [6.45, 7) is 2.96. The summed E-state index contributed by atoms with van der Waals surface area (Å²) in [7, 11) is 3.31. The summed E-state index contributed by atoms with van der Waals surface area (Å²) in [4.78, 5) is 4.12. The van der Waals surface area contributed by atoms with Crippen molar-refractivity contribution in [3.05, 3.63) is 53.7 Å². The van der Waals surface area contributed by atoms with Crippen molar-refractivity contribution in [1.29, 1.82) is 0 Å². The normalized spacial score (nSPS) is 12.0. The number of hydrogen-bond donors (Lipinski definition) is 1. The Morgan fingerprint density at radius 3 is 2.48 bits per heavy atom. The van der Waals surface area contributed by atoms with Crippen LogP contribution in [-0.2, 0) is 6.54 Å². The zero-order valence-corrected chi connectivity index (χ0v) is 12.8. The molecule has 0 aliphatic carbocycles. The van der Waals surface area contributed by atoms with Crippen molar-refractivity contribution in [3.8, 4) is 11.6 Å². The number of benzene rings is 1. The van der Waals surface area contributed by atoms with Crippen LogP contribution >= 0.6 is 0 Å². The van der Waals surface area contributed by atoms with Gasteiger partial charge in [-0.25, -0.2) is 4.98 Å². The van der Waals surface area contributed by atoms with Crippen molar-refractivity contribution in [3.63, 3.8) is 0 Å². The molecule has 1 N–H and O–H groups in total. The minimum atomic E-state index is 0.315. The van der Waals surface area contributed by atoms with E-state index in [2.05, 4.69) is 29.4 Å². The van der Waals surface area contributed by atoms with Crippen LogP contribution in [0.1, 0.15) is 30.5 Å². The average Bonchev–Trinajstić information content (AvgIpc) is 2.56. The largest absolute Gasteiger partial charge is 0.497 e. The molecule has 1 aromatic carbocycles. The van der Waals surface area contributed by atoms with Gasteiger partial charge in [0, 0.05) is 24.8 Å². The number of pyridine rings is 1. The van der Waals surface area contributed by atoms with Gasteiger partial charge in [0.15, 0.2) is 0 Å². The fourth-order valence-electron chi connectivity index (χ4n) is 2.25. The summed E-state index contributed by atoms with van der Waals surface area (Å²) in [6, 6.07) is 12.5. The molecule has 0 aliphatic heterocycles. The molecule has 4 nitrogen and oxygen atoms in total. The third-order valence-electron chi connectivity index (χ3n) is 3.49. The predicted molar refractivity (Wildman–Crippen MR) is 83.7 cm³/mol. The van der Waals surface area contributed by atoms with Crippen LogP contribution in [0.3, 0.4) is 0 Å². The maximum Gasteiger partial charge on any atom is 0.213 e. The van der Waals surface area contributed by atoms with E-state index < -0.39 is 0 Å². The molecule has 0 saturated carbocycles. The van der Waals surface area contributed by atoms with Crippen LogP contribution < -0.4 is 14.8 Å². The number of nitrogens with one attached hydrogen (secondary N) is 1. The number of aromatic nitrogens is 1. The molecule has 0 bridgehead atoms. The van der Waals surface area contributed by atoms with Gasteiger partial charge < -0.3 is 14.8 Å². The lowest BCUT2D eigenvalue weighted by molar-refractivity contribution is 0.396. The summed E-state index contributed by atoms with van der Waals surface area (Å²) in [5.74, 6) is 1.53. The lowest BCUT2D eigenvalue weighted by Gasteiger charge is -2.18. The number of ether oxygens (including phenoxy) is 2. The number of rotatable bonds is 7. The second-order valence-electron chi connectivity index (χ2n) is 4.82. The third kappa shape index (κ3) is 4.20. The zero-order valence-electron chi connectivity index (χ0n) is 12.8. The molecular weight excluding hydrogens is 264 g/mol. The van der Waals surface area contributed by atoms with Gasteiger partial charge in [-0.05, 0) is 35.7 Å². The van der Waals surface area contributed by atoms with Crippen molar-refractivity contribution in [2.75, 3.05) is 14.2 Å². The van der Waals surface area contributed by atoms with Crippen LogP contribution in [-0.4, -0.2) is 19.2 Å². The van der Waals surface area contributed by atoms with Crippen LogP contribution in [0.15, 0.2) is 42.6 Å². The third-order valence-corrected chi connectivity index (χ3v) is 3.49. The summed E-state index contributed by atoms with van der Waals surface area (Å²) in [5.41, 5.74) is 2.42. The van der Waals surface area contributed by atoms with E-state index in [1.165, 1.54) is 5.56 Å². The molecule has 0 amide bonds. The topological polar surface area (TPSA) is 43.4 Å². The van der Waals surface area contributed by atoms with E-state index in [1.807, 2.05) is 24.3 Å². The molecule has 0 saturated heterocycles. The molecule has 0 radical (unpaired) electrons. The van der Waals surface area contributed by atoms with Gasteiger partial charge in [0.25, 0.3) is 0 Å². The monoisotopic (exact) mass is 286 g/mol. The van der Waals surface area contributed by atoms with E-state index >= 15 is 0 Å². The van der Waals surface area contributed by atoms with Crippen LogP contribution in [0.2, 0.25) is 0 Å². The van der Waals surface area contributed by atoms with Crippen molar-refractivity contribution in [2.45, 2.75) is 25.9 Å². The maximum absolute atomic E-state index is 5.20. The van der Waals surface area contributed by atoms with Gasteiger partial charge in [0.1, 0.15) is 5.75 Å². The van der Waals surface area contributed by atoms with Crippen LogP contribution in [0.25, 0.3) is 0 Å². The average molecular weight is 286 g/mol. The summed E-state index contributed by atoms with van der Waals surface area (Å²) in [6.07, 6.45) is 2.79. The standard InChI is InChI=1S/C17H22N2O2/c1-4-16(14-5-7-15(20-2)8-6-14)19-12-13-9-10-18-17(11-13)21-3/h5-11,16,19H,4,12H2,1-3H3. The Balaban J connectivity index is 2.01. The molecule has 1 heterocycles. The van der Waals surface area contributed by atoms with Gasteiger partial charge in [-0.2, -0.15) is 0 Å². The number of nitrogens with zero attached hydrogens (tertiary/aromatic N) is 1. The minimum Gasteiger partial charge on any atom is -0.497 e. The van der Waals surface area contributed by atoms with Crippen LogP contribution in [0.5, 0.6) is 11.6 Å². The Kier molecular flexibility index (Phi) is 5.58. The van der Waals surface area contributed by atoms with E-state index in [1.54, 1.807) is 20.4 Å². The lowest BCUT2D eigenvalue weighted by atomic mass is 10.0. The summed E-state index contributed by atoms with van der Waals surface area (Å²) < 4.78 is 10.3. The SMILES string of the molecule is CCC(NCc1ccnc(OC)c1)c1ccc(OC)cc1. The molecule has 2 aromatic rings. The summed E-state index contributed by atoms with van der Waals surface area (Å²) in [5, 5.41) is 3.57. The zero-order chi connectivity index (χ0) is 15.1. The van der Waals surface area contributed by atoms with Gasteiger partial charge in [-0.3, -0.25) is 0 Å². The van der Waals surface area contributed by atoms with E-state index in [0.717, 1.165) is 24.3 Å². The fourth-order valence-corrected chi connectivity index (χ4v) is 2.25. The van der Waals surface area contributed by atoms with E-state index in [9.17, 15) is 0 Å². The fraction of sp³-hybridized carbons (Fsp3) is 0.353. The smallest absolute Gasteiger partial charge is 0.213 e.